The first-order valence-electron chi connectivity index (χ1n) is 7.95. The van der Waals surface area contributed by atoms with Gasteiger partial charge >= 0.3 is 0 Å². The van der Waals surface area contributed by atoms with Gasteiger partial charge in [0.15, 0.2) is 0 Å². The van der Waals surface area contributed by atoms with Crippen LogP contribution in [0.25, 0.3) is 0 Å². The van der Waals surface area contributed by atoms with Gasteiger partial charge in [0.05, 0.1) is 12.7 Å². The van der Waals surface area contributed by atoms with Gasteiger partial charge in [0, 0.05) is 36.9 Å². The van der Waals surface area contributed by atoms with Crippen LogP contribution in [0.15, 0.2) is 18.2 Å². The van der Waals surface area contributed by atoms with Gasteiger partial charge in [0.1, 0.15) is 17.2 Å². The molecular weight excluding hydrogens is 269 g/mol. The largest absolute Gasteiger partial charge is 0.487 e. The molecule has 0 aromatic heterocycles. The Kier molecular flexibility index (Phi) is 4.18. The summed E-state index contributed by atoms with van der Waals surface area (Å²) in [5, 5.41) is 3.59. The van der Waals surface area contributed by atoms with E-state index in [1.54, 1.807) is 0 Å². The third-order valence-electron chi connectivity index (χ3n) is 4.51. The van der Waals surface area contributed by atoms with Crippen LogP contribution in [0.2, 0.25) is 0 Å². The van der Waals surface area contributed by atoms with Crippen molar-refractivity contribution in [3.05, 3.63) is 29.6 Å². The highest BCUT2D eigenvalue weighted by atomic mass is 19.1. The summed E-state index contributed by atoms with van der Waals surface area (Å²) >= 11 is 0. The summed E-state index contributed by atoms with van der Waals surface area (Å²) in [6, 6.07) is 5.14. The molecule has 2 aliphatic heterocycles. The summed E-state index contributed by atoms with van der Waals surface area (Å²) in [6.07, 6.45) is 3.95. The van der Waals surface area contributed by atoms with Crippen LogP contribution < -0.4 is 10.1 Å². The van der Waals surface area contributed by atoms with Crippen molar-refractivity contribution < 1.29 is 13.9 Å². The number of halogens is 1. The molecule has 3 nitrogen and oxygen atoms in total. The molecule has 1 aromatic carbocycles. The van der Waals surface area contributed by atoms with Crippen molar-refractivity contribution in [1.82, 2.24) is 5.32 Å². The van der Waals surface area contributed by atoms with E-state index in [9.17, 15) is 4.39 Å². The Morgan fingerprint density at radius 2 is 2.24 bits per heavy atom. The van der Waals surface area contributed by atoms with Crippen LogP contribution in [0, 0.1) is 5.82 Å². The van der Waals surface area contributed by atoms with E-state index in [0.717, 1.165) is 37.8 Å². The van der Waals surface area contributed by atoms with Crippen LogP contribution in [0.4, 0.5) is 4.39 Å². The maximum Gasteiger partial charge on any atom is 0.127 e. The van der Waals surface area contributed by atoms with Crippen molar-refractivity contribution in [2.75, 3.05) is 13.2 Å². The SMILES string of the molecule is CCCNC1CC2(CCOC(C)C2)Oc2cc(F)ccc21. The van der Waals surface area contributed by atoms with Gasteiger partial charge in [0.2, 0.25) is 0 Å². The van der Waals surface area contributed by atoms with E-state index < -0.39 is 0 Å². The lowest BCUT2D eigenvalue weighted by Gasteiger charge is -2.46. The molecule has 1 saturated heterocycles. The number of rotatable bonds is 3. The number of ether oxygens (including phenoxy) is 2. The van der Waals surface area contributed by atoms with Crippen LogP contribution >= 0.6 is 0 Å². The van der Waals surface area contributed by atoms with E-state index in [1.807, 2.05) is 6.07 Å². The lowest BCUT2D eigenvalue weighted by molar-refractivity contribution is -0.0968. The van der Waals surface area contributed by atoms with Gasteiger partial charge in [-0.2, -0.15) is 0 Å². The summed E-state index contributed by atoms with van der Waals surface area (Å²) in [7, 11) is 0. The van der Waals surface area contributed by atoms with Crippen LogP contribution in [0.3, 0.4) is 0 Å². The fourth-order valence-corrected chi connectivity index (χ4v) is 3.55. The number of fused-ring (bicyclic) bond motifs is 1. The Bertz CT molecular complexity index is 508. The van der Waals surface area contributed by atoms with E-state index in [-0.39, 0.29) is 23.6 Å². The molecule has 3 atom stereocenters. The first-order chi connectivity index (χ1) is 10.1. The third kappa shape index (κ3) is 3.06. The molecule has 1 aromatic rings. The molecule has 3 unspecified atom stereocenters. The summed E-state index contributed by atoms with van der Waals surface area (Å²) in [4.78, 5) is 0. The van der Waals surface area contributed by atoms with E-state index >= 15 is 0 Å². The fraction of sp³-hybridized carbons (Fsp3) is 0.647. The third-order valence-corrected chi connectivity index (χ3v) is 4.51. The maximum atomic E-state index is 13.6. The first-order valence-corrected chi connectivity index (χ1v) is 7.95. The average molecular weight is 293 g/mol. The molecule has 4 heteroatoms. The number of nitrogens with one attached hydrogen (secondary N) is 1. The zero-order valence-electron chi connectivity index (χ0n) is 12.8. The second kappa shape index (κ2) is 5.93. The summed E-state index contributed by atoms with van der Waals surface area (Å²) in [6.45, 7) is 5.92. The predicted molar refractivity (Wildman–Crippen MR) is 80.1 cm³/mol. The molecule has 1 N–H and O–H groups in total. The molecule has 116 valence electrons. The average Bonchev–Trinajstić information content (AvgIpc) is 2.44. The normalized spacial score (nSPS) is 31.8. The molecule has 0 bridgehead atoms. The van der Waals surface area contributed by atoms with E-state index in [0.29, 0.717) is 12.4 Å². The lowest BCUT2D eigenvalue weighted by Crippen LogP contribution is -2.49. The zero-order valence-corrected chi connectivity index (χ0v) is 12.8. The zero-order chi connectivity index (χ0) is 14.9. The molecule has 0 aliphatic carbocycles. The topological polar surface area (TPSA) is 30.5 Å². The van der Waals surface area contributed by atoms with E-state index in [4.69, 9.17) is 9.47 Å². The smallest absolute Gasteiger partial charge is 0.127 e. The monoisotopic (exact) mass is 293 g/mol. The molecule has 0 amide bonds. The number of hydrogen-bond donors (Lipinski definition) is 1. The molecule has 21 heavy (non-hydrogen) atoms. The minimum atomic E-state index is -0.236. The van der Waals surface area contributed by atoms with Crippen molar-refractivity contribution in [3.8, 4) is 5.75 Å². The summed E-state index contributed by atoms with van der Waals surface area (Å²) < 4.78 is 25.5. The van der Waals surface area contributed by atoms with Crippen molar-refractivity contribution in [2.24, 2.45) is 0 Å². The highest BCUT2D eigenvalue weighted by molar-refractivity contribution is 5.39. The predicted octanol–water partition coefficient (Wildman–Crippen LogP) is 3.59. The molecule has 1 spiro atoms. The molecule has 3 rings (SSSR count). The molecule has 2 aliphatic rings. The van der Waals surface area contributed by atoms with Gasteiger partial charge < -0.3 is 14.8 Å². The van der Waals surface area contributed by atoms with Gasteiger partial charge in [-0.3, -0.25) is 0 Å². The molecule has 2 heterocycles. The van der Waals surface area contributed by atoms with Crippen LogP contribution in [0.5, 0.6) is 5.75 Å². The minimum Gasteiger partial charge on any atom is -0.487 e. The Balaban J connectivity index is 1.90. The number of benzene rings is 1. The van der Waals surface area contributed by atoms with Crippen LogP contribution in [0.1, 0.15) is 51.1 Å². The second-order valence-electron chi connectivity index (χ2n) is 6.31. The van der Waals surface area contributed by atoms with Crippen molar-refractivity contribution >= 4 is 0 Å². The second-order valence-corrected chi connectivity index (χ2v) is 6.31. The van der Waals surface area contributed by atoms with Gasteiger partial charge in [-0.25, -0.2) is 4.39 Å². The Labute approximate surface area is 125 Å². The summed E-state index contributed by atoms with van der Waals surface area (Å²) in [5.74, 6) is 0.462. The molecular formula is C17H24FNO2. The highest BCUT2D eigenvalue weighted by Crippen LogP contribution is 2.45. The summed E-state index contributed by atoms with van der Waals surface area (Å²) in [5.41, 5.74) is 0.860. The minimum absolute atomic E-state index is 0.195. The first kappa shape index (κ1) is 14.8. The van der Waals surface area contributed by atoms with Crippen molar-refractivity contribution in [3.63, 3.8) is 0 Å². The lowest BCUT2D eigenvalue weighted by atomic mass is 9.80. The van der Waals surface area contributed by atoms with Gasteiger partial charge in [-0.1, -0.05) is 13.0 Å². The highest BCUT2D eigenvalue weighted by Gasteiger charge is 2.44. The van der Waals surface area contributed by atoms with Crippen LogP contribution in [-0.2, 0) is 4.74 Å². The Morgan fingerprint density at radius 3 is 3.00 bits per heavy atom. The standard InChI is InChI=1S/C17H24FNO2/c1-3-7-19-15-11-17(6-8-20-12(2)10-17)21-16-9-13(18)4-5-14(15)16/h4-5,9,12,15,19H,3,6-8,10-11H2,1-2H3. The molecule has 0 radical (unpaired) electrons. The number of hydrogen-bond acceptors (Lipinski definition) is 3. The molecule has 1 fully saturated rings. The molecule has 0 saturated carbocycles. The maximum absolute atomic E-state index is 13.6. The van der Waals surface area contributed by atoms with Crippen LogP contribution in [-0.4, -0.2) is 24.9 Å². The Morgan fingerprint density at radius 1 is 1.38 bits per heavy atom. The van der Waals surface area contributed by atoms with Crippen molar-refractivity contribution in [2.45, 2.75) is 57.3 Å². The quantitative estimate of drug-likeness (QED) is 0.924. The van der Waals surface area contributed by atoms with E-state index in [1.165, 1.54) is 12.1 Å². The fourth-order valence-electron chi connectivity index (χ4n) is 3.55. The Hall–Kier alpha value is -1.13. The van der Waals surface area contributed by atoms with Gasteiger partial charge in [0.25, 0.3) is 0 Å². The van der Waals surface area contributed by atoms with Crippen molar-refractivity contribution in [1.29, 1.82) is 0 Å². The van der Waals surface area contributed by atoms with Gasteiger partial charge in [-0.05, 0) is 26.0 Å². The van der Waals surface area contributed by atoms with E-state index in [2.05, 4.69) is 19.2 Å². The van der Waals surface area contributed by atoms with Gasteiger partial charge in [-0.15, -0.1) is 0 Å².